The summed E-state index contributed by atoms with van der Waals surface area (Å²) in [5, 5.41) is 5.90. The summed E-state index contributed by atoms with van der Waals surface area (Å²) in [6.07, 6.45) is 0.638. The van der Waals surface area contributed by atoms with Crippen LogP contribution >= 0.6 is 0 Å². The van der Waals surface area contributed by atoms with E-state index in [1.807, 2.05) is 52.8 Å². The minimum absolute atomic E-state index is 0.0239. The number of para-hydroxylation sites is 1. The molecule has 2 unspecified atom stereocenters. The summed E-state index contributed by atoms with van der Waals surface area (Å²) < 4.78 is 0. The van der Waals surface area contributed by atoms with Crippen LogP contribution in [0.1, 0.15) is 38.3 Å². The van der Waals surface area contributed by atoms with Crippen LogP contribution in [0.2, 0.25) is 0 Å². The molecule has 1 aliphatic carbocycles. The van der Waals surface area contributed by atoms with Crippen molar-refractivity contribution in [3.8, 4) is 0 Å². The normalized spacial score (nSPS) is 20.8. The van der Waals surface area contributed by atoms with Crippen molar-refractivity contribution in [2.45, 2.75) is 46.6 Å². The van der Waals surface area contributed by atoms with Gasteiger partial charge in [0.1, 0.15) is 0 Å². The van der Waals surface area contributed by atoms with Crippen LogP contribution in [0.5, 0.6) is 0 Å². The van der Waals surface area contributed by atoms with Crippen molar-refractivity contribution in [3.05, 3.63) is 29.3 Å². The van der Waals surface area contributed by atoms with E-state index in [-0.39, 0.29) is 29.2 Å². The second-order valence-corrected chi connectivity index (χ2v) is 6.94. The first kappa shape index (κ1) is 15.5. The average Bonchev–Trinajstić information content (AvgIpc) is 3.12. The molecule has 21 heavy (non-hydrogen) atoms. The van der Waals surface area contributed by atoms with Crippen LogP contribution < -0.4 is 10.6 Å². The predicted octanol–water partition coefficient (Wildman–Crippen LogP) is 2.79. The largest absolute Gasteiger partial charge is 0.351 e. The number of benzene rings is 1. The first-order valence-electron chi connectivity index (χ1n) is 7.38. The summed E-state index contributed by atoms with van der Waals surface area (Å²) in [5.74, 6) is -0.467. The maximum atomic E-state index is 12.3. The lowest BCUT2D eigenvalue weighted by molar-refractivity contribution is -0.126. The van der Waals surface area contributed by atoms with Gasteiger partial charge in [0.05, 0.1) is 11.8 Å². The Morgan fingerprint density at radius 1 is 1.05 bits per heavy atom. The number of anilines is 1. The molecule has 0 aliphatic heterocycles. The molecule has 4 nitrogen and oxygen atoms in total. The molecule has 0 heterocycles. The Balaban J connectivity index is 1.96. The number of carbonyl (C=O) groups excluding carboxylic acids is 2. The van der Waals surface area contributed by atoms with Crippen molar-refractivity contribution in [1.29, 1.82) is 0 Å². The topological polar surface area (TPSA) is 58.2 Å². The lowest BCUT2D eigenvalue weighted by Crippen LogP contribution is -2.42. The summed E-state index contributed by atoms with van der Waals surface area (Å²) in [5.41, 5.74) is 2.69. The van der Waals surface area contributed by atoms with E-state index >= 15 is 0 Å². The van der Waals surface area contributed by atoms with E-state index in [0.29, 0.717) is 6.42 Å². The van der Waals surface area contributed by atoms with Gasteiger partial charge in [0, 0.05) is 11.2 Å². The second-order valence-electron chi connectivity index (χ2n) is 6.94. The van der Waals surface area contributed by atoms with Gasteiger partial charge in [-0.3, -0.25) is 9.59 Å². The van der Waals surface area contributed by atoms with Gasteiger partial charge in [0.25, 0.3) is 0 Å². The van der Waals surface area contributed by atoms with Gasteiger partial charge in [-0.05, 0) is 52.2 Å². The number of rotatable bonds is 3. The molecule has 0 aromatic heterocycles. The molecule has 1 saturated carbocycles. The van der Waals surface area contributed by atoms with Crippen molar-refractivity contribution in [3.63, 3.8) is 0 Å². The molecule has 1 aliphatic rings. The van der Waals surface area contributed by atoms with Crippen LogP contribution in [0.3, 0.4) is 0 Å². The minimum Gasteiger partial charge on any atom is -0.351 e. The third-order valence-corrected chi connectivity index (χ3v) is 3.69. The van der Waals surface area contributed by atoms with E-state index in [2.05, 4.69) is 10.6 Å². The van der Waals surface area contributed by atoms with Crippen molar-refractivity contribution in [2.24, 2.45) is 11.8 Å². The molecule has 1 aromatic carbocycles. The number of nitrogens with one attached hydrogen (secondary N) is 2. The monoisotopic (exact) mass is 288 g/mol. The van der Waals surface area contributed by atoms with Crippen LogP contribution in [-0.4, -0.2) is 17.4 Å². The smallest absolute Gasteiger partial charge is 0.228 e. The van der Waals surface area contributed by atoms with Crippen LogP contribution in [0, 0.1) is 25.7 Å². The summed E-state index contributed by atoms with van der Waals surface area (Å²) >= 11 is 0. The van der Waals surface area contributed by atoms with E-state index in [1.165, 1.54) is 0 Å². The minimum atomic E-state index is -0.257. The summed E-state index contributed by atoms with van der Waals surface area (Å²) in [6, 6.07) is 5.91. The fraction of sp³-hybridized carbons (Fsp3) is 0.529. The maximum Gasteiger partial charge on any atom is 0.228 e. The third kappa shape index (κ3) is 3.84. The average molecular weight is 288 g/mol. The zero-order chi connectivity index (χ0) is 15.8. The fourth-order valence-electron chi connectivity index (χ4n) is 2.46. The first-order chi connectivity index (χ1) is 9.69. The van der Waals surface area contributed by atoms with Gasteiger partial charge in [0.15, 0.2) is 0 Å². The number of carbonyl (C=O) groups is 2. The number of amides is 2. The molecule has 0 bridgehead atoms. The Kier molecular flexibility index (Phi) is 4.08. The second kappa shape index (κ2) is 5.51. The third-order valence-electron chi connectivity index (χ3n) is 3.69. The fourth-order valence-corrected chi connectivity index (χ4v) is 2.46. The van der Waals surface area contributed by atoms with Crippen molar-refractivity contribution in [1.82, 2.24) is 5.32 Å². The Hall–Kier alpha value is -1.84. The highest BCUT2D eigenvalue weighted by Crippen LogP contribution is 2.40. The molecule has 4 heteroatoms. The van der Waals surface area contributed by atoms with Crippen molar-refractivity contribution < 1.29 is 9.59 Å². The predicted molar refractivity (Wildman–Crippen MR) is 84.0 cm³/mol. The summed E-state index contributed by atoms with van der Waals surface area (Å²) in [4.78, 5) is 24.3. The zero-order valence-electron chi connectivity index (χ0n) is 13.4. The van der Waals surface area contributed by atoms with Crippen LogP contribution in [0.25, 0.3) is 0 Å². The van der Waals surface area contributed by atoms with E-state index in [0.717, 1.165) is 16.8 Å². The molecule has 2 N–H and O–H groups in total. The maximum absolute atomic E-state index is 12.3. The number of hydrogen-bond acceptors (Lipinski definition) is 2. The van der Waals surface area contributed by atoms with Crippen LogP contribution in [0.15, 0.2) is 18.2 Å². The molecule has 0 saturated heterocycles. The zero-order valence-corrected chi connectivity index (χ0v) is 13.4. The van der Waals surface area contributed by atoms with E-state index in [1.54, 1.807) is 0 Å². The molecule has 2 atom stereocenters. The van der Waals surface area contributed by atoms with Gasteiger partial charge in [-0.1, -0.05) is 18.2 Å². The summed E-state index contributed by atoms with van der Waals surface area (Å²) in [6.45, 7) is 9.77. The van der Waals surface area contributed by atoms with E-state index in [9.17, 15) is 9.59 Å². The van der Waals surface area contributed by atoms with Crippen molar-refractivity contribution in [2.75, 3.05) is 5.32 Å². The SMILES string of the molecule is Cc1cccc(C)c1NC(=O)C1CC1C(=O)NC(C)(C)C. The molecule has 1 aromatic rings. The molecule has 0 spiro atoms. The highest BCUT2D eigenvalue weighted by molar-refractivity contribution is 6.00. The van der Waals surface area contributed by atoms with Crippen molar-refractivity contribution >= 4 is 17.5 Å². The molecule has 2 amide bonds. The van der Waals surface area contributed by atoms with Crippen LogP contribution in [0.4, 0.5) is 5.69 Å². The molecule has 1 fully saturated rings. The lowest BCUT2D eigenvalue weighted by Gasteiger charge is -2.20. The van der Waals surface area contributed by atoms with Gasteiger partial charge >= 0.3 is 0 Å². The van der Waals surface area contributed by atoms with E-state index in [4.69, 9.17) is 0 Å². The number of aryl methyl sites for hydroxylation is 2. The van der Waals surface area contributed by atoms with Crippen LogP contribution in [-0.2, 0) is 9.59 Å². The van der Waals surface area contributed by atoms with Gasteiger partial charge in [-0.15, -0.1) is 0 Å². The molecule has 114 valence electrons. The van der Waals surface area contributed by atoms with Gasteiger partial charge in [-0.25, -0.2) is 0 Å². The molecular weight excluding hydrogens is 264 g/mol. The number of hydrogen-bond donors (Lipinski definition) is 2. The van der Waals surface area contributed by atoms with Gasteiger partial charge < -0.3 is 10.6 Å². The molecule has 2 rings (SSSR count). The molecule has 0 radical (unpaired) electrons. The standard InChI is InChI=1S/C17H24N2O2/c1-10-7-6-8-11(2)14(10)18-15(20)12-9-13(12)16(21)19-17(3,4)5/h6-8,12-13H,9H2,1-5H3,(H,18,20)(H,19,21). The highest BCUT2D eigenvalue weighted by atomic mass is 16.2. The highest BCUT2D eigenvalue weighted by Gasteiger charge is 2.48. The Bertz CT molecular complexity index is 552. The quantitative estimate of drug-likeness (QED) is 0.898. The Labute approximate surface area is 126 Å². The Morgan fingerprint density at radius 3 is 2.10 bits per heavy atom. The van der Waals surface area contributed by atoms with E-state index < -0.39 is 0 Å². The van der Waals surface area contributed by atoms with Gasteiger partial charge in [0.2, 0.25) is 11.8 Å². The first-order valence-corrected chi connectivity index (χ1v) is 7.38. The Morgan fingerprint density at radius 2 is 1.57 bits per heavy atom. The lowest BCUT2D eigenvalue weighted by atomic mass is 10.1. The van der Waals surface area contributed by atoms with Gasteiger partial charge in [-0.2, -0.15) is 0 Å². The molecular formula is C17H24N2O2. The summed E-state index contributed by atoms with van der Waals surface area (Å²) in [7, 11) is 0.